The Balaban J connectivity index is 1.79. The minimum absolute atomic E-state index is 0.0526. The topological polar surface area (TPSA) is 37.6 Å². The molecule has 6 heteroatoms. The molecule has 0 saturated heterocycles. The number of aromatic nitrogens is 2. The zero-order valence-corrected chi connectivity index (χ0v) is 13.1. The van der Waals surface area contributed by atoms with Crippen LogP contribution in [0.3, 0.4) is 0 Å². The van der Waals surface area contributed by atoms with Gasteiger partial charge in [0.15, 0.2) is 0 Å². The largest absolute Gasteiger partial charge is 0.295 e. The molecule has 21 heavy (non-hydrogen) atoms. The van der Waals surface area contributed by atoms with Gasteiger partial charge in [0.05, 0.1) is 10.0 Å². The van der Waals surface area contributed by atoms with Gasteiger partial charge in [-0.1, -0.05) is 17.7 Å². The predicted molar refractivity (Wildman–Crippen MR) is 86.0 cm³/mol. The van der Waals surface area contributed by atoms with E-state index in [4.69, 9.17) is 11.6 Å². The fourth-order valence-corrected chi connectivity index (χ4v) is 3.39. The quantitative estimate of drug-likeness (QED) is 0.742. The molecule has 0 aliphatic heterocycles. The number of pyridine rings is 1. The second-order valence-electron chi connectivity index (χ2n) is 4.89. The minimum atomic E-state index is -0.0526. The summed E-state index contributed by atoms with van der Waals surface area (Å²) in [7, 11) is 2.00. The Labute approximate surface area is 131 Å². The molecule has 0 amide bonds. The van der Waals surface area contributed by atoms with Crippen LogP contribution >= 0.6 is 22.9 Å². The van der Waals surface area contributed by atoms with Gasteiger partial charge in [0.1, 0.15) is 5.65 Å². The summed E-state index contributed by atoms with van der Waals surface area (Å²) >= 11 is 7.50. The van der Waals surface area contributed by atoms with Crippen molar-refractivity contribution < 1.29 is 0 Å². The molecule has 0 spiro atoms. The molecule has 0 fully saturated rings. The predicted octanol–water partition coefficient (Wildman–Crippen LogP) is 3.04. The summed E-state index contributed by atoms with van der Waals surface area (Å²) in [5, 5.41) is 0. The molecule has 0 radical (unpaired) electrons. The van der Waals surface area contributed by atoms with E-state index in [0.717, 1.165) is 16.6 Å². The van der Waals surface area contributed by atoms with Gasteiger partial charge in [0, 0.05) is 30.2 Å². The van der Waals surface area contributed by atoms with Crippen LogP contribution in [0.1, 0.15) is 10.6 Å². The van der Waals surface area contributed by atoms with Crippen molar-refractivity contribution >= 4 is 28.6 Å². The Bertz CT molecular complexity index is 827. The van der Waals surface area contributed by atoms with Crippen LogP contribution in [0.5, 0.6) is 0 Å². The highest BCUT2D eigenvalue weighted by molar-refractivity contribution is 7.16. The maximum absolute atomic E-state index is 12.0. The number of hydrogen-bond acceptors (Lipinski definition) is 4. The van der Waals surface area contributed by atoms with Gasteiger partial charge >= 0.3 is 0 Å². The fourth-order valence-electron chi connectivity index (χ4n) is 2.22. The first-order valence-electron chi connectivity index (χ1n) is 6.52. The molecule has 0 bridgehead atoms. The summed E-state index contributed by atoms with van der Waals surface area (Å²) in [5.41, 5.74) is 1.40. The Morgan fingerprint density at radius 2 is 2.14 bits per heavy atom. The summed E-state index contributed by atoms with van der Waals surface area (Å²) < 4.78 is 2.34. The van der Waals surface area contributed by atoms with E-state index in [9.17, 15) is 4.79 Å². The monoisotopic (exact) mass is 319 g/mol. The molecule has 0 aromatic carbocycles. The Morgan fingerprint density at radius 3 is 2.90 bits per heavy atom. The molecule has 108 valence electrons. The van der Waals surface area contributed by atoms with Crippen LogP contribution in [0.4, 0.5) is 0 Å². The van der Waals surface area contributed by atoms with Crippen molar-refractivity contribution in [1.29, 1.82) is 0 Å². The summed E-state index contributed by atoms with van der Waals surface area (Å²) in [6, 6.07) is 11.0. The number of nitrogens with zero attached hydrogens (tertiary/aromatic N) is 3. The third-order valence-electron chi connectivity index (χ3n) is 3.11. The molecule has 0 aliphatic carbocycles. The van der Waals surface area contributed by atoms with Crippen LogP contribution in [0.2, 0.25) is 4.34 Å². The lowest BCUT2D eigenvalue weighted by atomic mass is 10.3. The average molecular weight is 320 g/mol. The highest BCUT2D eigenvalue weighted by atomic mass is 35.5. The van der Waals surface area contributed by atoms with Crippen molar-refractivity contribution in [3.8, 4) is 0 Å². The smallest absolute Gasteiger partial charge is 0.258 e. The maximum atomic E-state index is 12.0. The van der Waals surface area contributed by atoms with Crippen molar-refractivity contribution in [1.82, 2.24) is 14.3 Å². The fraction of sp³-hybridized carbons (Fsp3) is 0.200. The molecule has 0 N–H and O–H groups in total. The lowest BCUT2D eigenvalue weighted by Crippen LogP contribution is -2.21. The Kier molecular flexibility index (Phi) is 4.05. The molecular weight excluding hydrogens is 306 g/mol. The second kappa shape index (κ2) is 5.97. The van der Waals surface area contributed by atoms with Crippen LogP contribution in [0.25, 0.3) is 5.65 Å². The van der Waals surface area contributed by atoms with Gasteiger partial charge in [-0.15, -0.1) is 11.3 Å². The second-order valence-corrected chi connectivity index (χ2v) is 6.69. The van der Waals surface area contributed by atoms with Gasteiger partial charge in [-0.05, 0) is 31.3 Å². The lowest BCUT2D eigenvalue weighted by Gasteiger charge is -2.15. The standard InChI is InChI=1S/C15H14ClN3OS/c1-18(10-12-5-6-13(16)21-12)9-11-8-15(20)19-7-3-2-4-14(19)17-11/h2-8H,9-10H2,1H3. The van der Waals surface area contributed by atoms with E-state index >= 15 is 0 Å². The van der Waals surface area contributed by atoms with E-state index in [2.05, 4.69) is 9.88 Å². The highest BCUT2D eigenvalue weighted by Gasteiger charge is 2.07. The maximum Gasteiger partial charge on any atom is 0.258 e. The van der Waals surface area contributed by atoms with Crippen molar-refractivity contribution in [2.75, 3.05) is 7.05 Å². The molecule has 3 aromatic heterocycles. The number of rotatable bonds is 4. The van der Waals surface area contributed by atoms with E-state index in [0.29, 0.717) is 12.2 Å². The van der Waals surface area contributed by atoms with Gasteiger partial charge < -0.3 is 0 Å². The van der Waals surface area contributed by atoms with Gasteiger partial charge in [-0.3, -0.25) is 14.1 Å². The van der Waals surface area contributed by atoms with Crippen molar-refractivity contribution in [3.05, 3.63) is 67.9 Å². The first-order chi connectivity index (χ1) is 10.1. The van der Waals surface area contributed by atoms with Gasteiger partial charge in [-0.25, -0.2) is 4.98 Å². The summed E-state index contributed by atoms with van der Waals surface area (Å²) in [6.07, 6.45) is 1.73. The van der Waals surface area contributed by atoms with E-state index in [-0.39, 0.29) is 5.56 Å². The Morgan fingerprint density at radius 1 is 1.29 bits per heavy atom. The van der Waals surface area contributed by atoms with Crippen molar-refractivity contribution in [2.24, 2.45) is 0 Å². The van der Waals surface area contributed by atoms with Crippen molar-refractivity contribution in [2.45, 2.75) is 13.1 Å². The van der Waals surface area contributed by atoms with Crippen LogP contribution in [0, 0.1) is 0 Å². The SMILES string of the molecule is CN(Cc1cc(=O)n2ccccc2n1)Cc1ccc(Cl)s1. The van der Waals surface area contributed by atoms with Gasteiger partial charge in [-0.2, -0.15) is 0 Å². The molecule has 0 unspecified atom stereocenters. The summed E-state index contributed by atoms with van der Waals surface area (Å²) in [4.78, 5) is 19.9. The lowest BCUT2D eigenvalue weighted by molar-refractivity contribution is 0.318. The van der Waals surface area contributed by atoms with E-state index in [1.165, 1.54) is 4.88 Å². The average Bonchev–Trinajstić information content (AvgIpc) is 2.84. The molecule has 0 aliphatic rings. The van der Waals surface area contributed by atoms with Crippen LogP contribution in [-0.4, -0.2) is 21.3 Å². The van der Waals surface area contributed by atoms with Crippen LogP contribution < -0.4 is 5.56 Å². The van der Waals surface area contributed by atoms with Gasteiger partial charge in [0.2, 0.25) is 0 Å². The molecule has 0 saturated carbocycles. The number of thiophene rings is 1. The zero-order chi connectivity index (χ0) is 14.8. The number of fused-ring (bicyclic) bond motifs is 1. The summed E-state index contributed by atoms with van der Waals surface area (Å²) in [6.45, 7) is 1.41. The first-order valence-corrected chi connectivity index (χ1v) is 7.71. The first kappa shape index (κ1) is 14.3. The van der Waals surface area contributed by atoms with Gasteiger partial charge in [0.25, 0.3) is 5.56 Å². The normalized spacial score (nSPS) is 11.4. The number of halogens is 1. The number of hydrogen-bond donors (Lipinski definition) is 0. The van der Waals surface area contributed by atoms with E-state index < -0.39 is 0 Å². The molecule has 0 atom stereocenters. The molecule has 4 nitrogen and oxygen atoms in total. The molecule has 3 rings (SSSR count). The molecule has 3 heterocycles. The van der Waals surface area contributed by atoms with Crippen LogP contribution in [0.15, 0.2) is 47.4 Å². The van der Waals surface area contributed by atoms with E-state index in [1.54, 1.807) is 28.0 Å². The minimum Gasteiger partial charge on any atom is -0.295 e. The zero-order valence-electron chi connectivity index (χ0n) is 11.5. The summed E-state index contributed by atoms with van der Waals surface area (Å²) in [5.74, 6) is 0. The Hall–Kier alpha value is -1.69. The third kappa shape index (κ3) is 3.32. The molecular formula is C15H14ClN3OS. The molecule has 3 aromatic rings. The van der Waals surface area contributed by atoms with E-state index in [1.807, 2.05) is 37.4 Å². The van der Waals surface area contributed by atoms with Crippen molar-refractivity contribution in [3.63, 3.8) is 0 Å². The highest BCUT2D eigenvalue weighted by Crippen LogP contribution is 2.22. The third-order valence-corrected chi connectivity index (χ3v) is 4.33. The van der Waals surface area contributed by atoms with Crippen LogP contribution in [-0.2, 0) is 13.1 Å².